The minimum atomic E-state index is -0.146. The number of ether oxygens (including phenoxy) is 3. The summed E-state index contributed by atoms with van der Waals surface area (Å²) in [5, 5.41) is 0. The molecule has 0 atom stereocenters. The maximum Gasteiger partial charge on any atom is 0.132 e. The molecule has 0 unspecified atom stereocenters. The van der Waals surface area contributed by atoms with Gasteiger partial charge in [0.15, 0.2) is 0 Å². The second-order valence-corrected chi connectivity index (χ2v) is 16.5. The molecular formula is C43H76O6. The molecule has 4 bridgehead atoms. The summed E-state index contributed by atoms with van der Waals surface area (Å²) in [7, 11) is 0. The first kappa shape index (κ1) is 42.3. The Labute approximate surface area is 301 Å². The van der Waals surface area contributed by atoms with Crippen LogP contribution in [0.2, 0.25) is 0 Å². The van der Waals surface area contributed by atoms with E-state index in [1.165, 1.54) is 0 Å². The van der Waals surface area contributed by atoms with Gasteiger partial charge in [-0.2, -0.15) is 0 Å². The molecule has 0 N–H and O–H groups in total. The quantitative estimate of drug-likeness (QED) is 0.0639. The lowest BCUT2D eigenvalue weighted by molar-refractivity contribution is -0.291. The van der Waals surface area contributed by atoms with Crippen LogP contribution in [0.25, 0.3) is 0 Å². The van der Waals surface area contributed by atoms with Gasteiger partial charge in [0.05, 0.1) is 16.8 Å². The van der Waals surface area contributed by atoms with E-state index in [0.29, 0.717) is 23.3 Å². The van der Waals surface area contributed by atoms with Crippen molar-refractivity contribution in [2.75, 3.05) is 19.8 Å². The molecule has 0 aromatic rings. The summed E-state index contributed by atoms with van der Waals surface area (Å²) in [6, 6.07) is 0. The molecule has 6 heteroatoms. The zero-order valence-corrected chi connectivity index (χ0v) is 32.4. The fourth-order valence-corrected chi connectivity index (χ4v) is 9.36. The van der Waals surface area contributed by atoms with Crippen molar-refractivity contribution in [2.24, 2.45) is 5.92 Å². The minimum Gasteiger partial charge on any atom is -0.375 e. The molecule has 4 saturated carbocycles. The number of rotatable bonds is 33. The molecule has 0 spiro atoms. The summed E-state index contributed by atoms with van der Waals surface area (Å²) in [6.45, 7) is 8.80. The highest BCUT2D eigenvalue weighted by molar-refractivity contribution is 5.78. The van der Waals surface area contributed by atoms with E-state index in [1.807, 2.05) is 0 Å². The van der Waals surface area contributed by atoms with Crippen LogP contribution in [0.1, 0.15) is 213 Å². The largest absolute Gasteiger partial charge is 0.375 e. The maximum atomic E-state index is 12.0. The summed E-state index contributed by atoms with van der Waals surface area (Å²) in [4.78, 5) is 36.1. The maximum absolute atomic E-state index is 12.0. The molecule has 49 heavy (non-hydrogen) atoms. The highest BCUT2D eigenvalue weighted by Gasteiger charge is 2.65. The van der Waals surface area contributed by atoms with E-state index in [4.69, 9.17) is 14.2 Å². The molecule has 4 aliphatic carbocycles. The van der Waals surface area contributed by atoms with Crippen LogP contribution in [0.4, 0.5) is 0 Å². The second-order valence-electron chi connectivity index (χ2n) is 16.5. The van der Waals surface area contributed by atoms with Gasteiger partial charge in [-0.15, -0.1) is 0 Å². The number of Topliss-reactive ketones (excluding diaryl/α,β-unsaturated/α-hetero) is 3. The standard InChI is InChI=1S/C43H76O6/c1-4-7-22-38(44)25-16-10-13-19-28-47-41-31-37-32-42(34-41,48-29-20-14-11-17-26-39(45)23-8-5-2)36-43(33-37,35-41)49-30-21-15-12-18-27-40(46)24-9-6-3/h37H,4-36H2,1-3H3. The SMILES string of the molecule is CCCCC(=O)CCCCCCOC12CC3CC(OCCCCCCC(=O)CCCC)(C1)CC(OCCCCCCC(=O)CCCC)(C3)C2. The molecule has 4 aliphatic rings. The van der Waals surface area contributed by atoms with Gasteiger partial charge in [0.2, 0.25) is 0 Å². The molecular weight excluding hydrogens is 612 g/mol. The third kappa shape index (κ3) is 16.0. The molecule has 0 amide bonds. The Kier molecular flexibility index (Phi) is 20.2. The van der Waals surface area contributed by atoms with Gasteiger partial charge in [-0.25, -0.2) is 0 Å². The molecule has 0 aromatic carbocycles. The lowest BCUT2D eigenvalue weighted by atomic mass is 9.50. The number of hydrogen-bond donors (Lipinski definition) is 0. The minimum absolute atomic E-state index is 0.146. The molecule has 4 rings (SSSR count). The highest BCUT2D eigenvalue weighted by atomic mass is 16.5. The lowest BCUT2D eigenvalue weighted by Gasteiger charge is -2.65. The summed E-state index contributed by atoms with van der Waals surface area (Å²) in [5.41, 5.74) is -0.437. The van der Waals surface area contributed by atoms with Gasteiger partial charge in [0, 0.05) is 77.6 Å². The Hall–Kier alpha value is -1.11. The van der Waals surface area contributed by atoms with Gasteiger partial charge >= 0.3 is 0 Å². The Bertz CT molecular complexity index is 818. The van der Waals surface area contributed by atoms with E-state index in [2.05, 4.69) is 20.8 Å². The van der Waals surface area contributed by atoms with E-state index in [1.54, 1.807) is 0 Å². The number of carbonyl (C=O) groups is 3. The van der Waals surface area contributed by atoms with Crippen LogP contribution in [-0.2, 0) is 28.6 Å². The van der Waals surface area contributed by atoms with Crippen molar-refractivity contribution in [1.29, 1.82) is 0 Å². The van der Waals surface area contributed by atoms with Crippen LogP contribution in [0, 0.1) is 5.92 Å². The Morgan fingerprint density at radius 3 is 0.959 bits per heavy atom. The van der Waals surface area contributed by atoms with Crippen molar-refractivity contribution >= 4 is 17.3 Å². The van der Waals surface area contributed by atoms with Crippen LogP contribution >= 0.6 is 0 Å². The van der Waals surface area contributed by atoms with Gasteiger partial charge in [0.1, 0.15) is 17.3 Å². The summed E-state index contributed by atoms with van der Waals surface area (Å²) in [6.07, 6.45) is 30.0. The molecule has 0 aliphatic heterocycles. The molecule has 4 fully saturated rings. The van der Waals surface area contributed by atoms with E-state index in [0.717, 1.165) is 212 Å². The van der Waals surface area contributed by atoms with Crippen LogP contribution in [-0.4, -0.2) is 54.0 Å². The number of carbonyl (C=O) groups excluding carboxylic acids is 3. The smallest absolute Gasteiger partial charge is 0.132 e. The average molecular weight is 689 g/mol. The van der Waals surface area contributed by atoms with E-state index in [9.17, 15) is 14.4 Å². The highest BCUT2D eigenvalue weighted by Crippen LogP contribution is 2.63. The van der Waals surface area contributed by atoms with Gasteiger partial charge in [-0.1, -0.05) is 78.6 Å². The average Bonchev–Trinajstić information content (AvgIpc) is 3.06. The van der Waals surface area contributed by atoms with E-state index < -0.39 is 0 Å². The van der Waals surface area contributed by atoms with Crippen molar-refractivity contribution < 1.29 is 28.6 Å². The molecule has 0 heterocycles. The summed E-state index contributed by atoms with van der Waals surface area (Å²) in [5.74, 6) is 1.88. The molecule has 6 nitrogen and oxygen atoms in total. The zero-order chi connectivity index (χ0) is 35.3. The van der Waals surface area contributed by atoms with Gasteiger partial charge in [-0.05, 0) is 83.0 Å². The lowest BCUT2D eigenvalue weighted by Crippen LogP contribution is -2.68. The normalized spacial score (nSPS) is 25.7. The third-order valence-electron chi connectivity index (χ3n) is 11.6. The summed E-state index contributed by atoms with van der Waals surface area (Å²) >= 11 is 0. The predicted molar refractivity (Wildman–Crippen MR) is 200 cm³/mol. The van der Waals surface area contributed by atoms with Crippen molar-refractivity contribution in [3.63, 3.8) is 0 Å². The number of hydrogen-bond acceptors (Lipinski definition) is 6. The molecule has 0 radical (unpaired) electrons. The Balaban J connectivity index is 1.46. The fraction of sp³-hybridized carbons (Fsp3) is 0.930. The fourth-order valence-electron chi connectivity index (χ4n) is 9.36. The van der Waals surface area contributed by atoms with Crippen molar-refractivity contribution in [3.8, 4) is 0 Å². The number of unbranched alkanes of at least 4 members (excludes halogenated alkanes) is 12. The molecule has 0 aromatic heterocycles. The predicted octanol–water partition coefficient (Wildman–Crippen LogP) is 11.4. The zero-order valence-electron chi connectivity index (χ0n) is 32.4. The Morgan fingerprint density at radius 1 is 0.408 bits per heavy atom. The van der Waals surface area contributed by atoms with Crippen molar-refractivity contribution in [1.82, 2.24) is 0 Å². The van der Waals surface area contributed by atoms with E-state index in [-0.39, 0.29) is 16.8 Å². The van der Waals surface area contributed by atoms with Crippen molar-refractivity contribution in [2.45, 2.75) is 230 Å². The van der Waals surface area contributed by atoms with Gasteiger partial charge in [-0.3, -0.25) is 14.4 Å². The first-order valence-corrected chi connectivity index (χ1v) is 21.2. The van der Waals surface area contributed by atoms with Gasteiger partial charge in [0.25, 0.3) is 0 Å². The first-order chi connectivity index (χ1) is 23.8. The van der Waals surface area contributed by atoms with Crippen LogP contribution in [0.5, 0.6) is 0 Å². The van der Waals surface area contributed by atoms with Crippen LogP contribution in [0.3, 0.4) is 0 Å². The molecule has 284 valence electrons. The van der Waals surface area contributed by atoms with Gasteiger partial charge < -0.3 is 14.2 Å². The van der Waals surface area contributed by atoms with E-state index >= 15 is 0 Å². The first-order valence-electron chi connectivity index (χ1n) is 21.2. The molecule has 0 saturated heterocycles. The number of ketones is 3. The second kappa shape index (κ2) is 23.5. The monoisotopic (exact) mass is 689 g/mol. The van der Waals surface area contributed by atoms with Crippen molar-refractivity contribution in [3.05, 3.63) is 0 Å². The summed E-state index contributed by atoms with van der Waals surface area (Å²) < 4.78 is 20.7. The Morgan fingerprint density at radius 2 is 0.673 bits per heavy atom. The topological polar surface area (TPSA) is 78.9 Å². The van der Waals surface area contributed by atoms with Crippen LogP contribution < -0.4 is 0 Å². The third-order valence-corrected chi connectivity index (χ3v) is 11.6. The van der Waals surface area contributed by atoms with Crippen LogP contribution in [0.15, 0.2) is 0 Å².